The lowest BCUT2D eigenvalue weighted by Crippen LogP contribution is -2.35. The molecular weight excluding hydrogens is 235 g/mol. The van der Waals surface area contributed by atoms with Gasteiger partial charge in [0.1, 0.15) is 11.9 Å². The zero-order chi connectivity index (χ0) is 12.1. The van der Waals surface area contributed by atoms with E-state index in [0.29, 0.717) is 5.69 Å². The van der Waals surface area contributed by atoms with Gasteiger partial charge >= 0.3 is 0 Å². The van der Waals surface area contributed by atoms with Gasteiger partial charge in [0, 0.05) is 19.3 Å². The van der Waals surface area contributed by atoms with Crippen molar-refractivity contribution in [3.63, 3.8) is 0 Å². The number of amides is 1. The number of nitrogens with one attached hydrogen (secondary N) is 1. The van der Waals surface area contributed by atoms with Crippen molar-refractivity contribution in [1.82, 2.24) is 0 Å². The standard InChI is InChI=1S/C10H12ClFN2O2/c1-16-9(5-13)10(15)14-6-2-3-7(11)8(12)4-6/h2-4,9H,5,13H2,1H3,(H,14,15). The lowest BCUT2D eigenvalue weighted by atomic mass is 10.2. The Morgan fingerprint density at radius 2 is 2.38 bits per heavy atom. The molecule has 0 spiro atoms. The molecule has 0 heterocycles. The first-order chi connectivity index (χ1) is 7.58. The predicted molar refractivity (Wildman–Crippen MR) is 59.9 cm³/mol. The molecule has 3 N–H and O–H groups in total. The summed E-state index contributed by atoms with van der Waals surface area (Å²) in [5.74, 6) is -1.02. The number of rotatable bonds is 4. The van der Waals surface area contributed by atoms with Crippen molar-refractivity contribution in [2.24, 2.45) is 5.73 Å². The van der Waals surface area contributed by atoms with E-state index in [1.165, 1.54) is 19.2 Å². The van der Waals surface area contributed by atoms with Crippen LogP contribution in [0.15, 0.2) is 18.2 Å². The molecule has 1 aromatic carbocycles. The number of hydrogen-bond acceptors (Lipinski definition) is 3. The molecule has 0 aliphatic heterocycles. The Balaban J connectivity index is 2.73. The molecule has 88 valence electrons. The van der Waals surface area contributed by atoms with E-state index in [0.717, 1.165) is 6.07 Å². The van der Waals surface area contributed by atoms with Gasteiger partial charge in [-0.25, -0.2) is 4.39 Å². The second-order valence-corrected chi connectivity index (χ2v) is 3.49. The zero-order valence-corrected chi connectivity index (χ0v) is 9.42. The molecule has 1 aromatic rings. The number of benzene rings is 1. The summed E-state index contributed by atoms with van der Waals surface area (Å²) in [5.41, 5.74) is 5.62. The lowest BCUT2D eigenvalue weighted by Gasteiger charge is -2.13. The number of halogens is 2. The van der Waals surface area contributed by atoms with Gasteiger partial charge in [-0.3, -0.25) is 4.79 Å². The third-order valence-corrected chi connectivity index (χ3v) is 2.28. The molecule has 1 rings (SSSR count). The van der Waals surface area contributed by atoms with E-state index < -0.39 is 17.8 Å². The molecule has 0 aliphatic carbocycles. The van der Waals surface area contributed by atoms with Crippen molar-refractivity contribution >= 4 is 23.2 Å². The number of carbonyl (C=O) groups is 1. The number of methoxy groups -OCH3 is 1. The monoisotopic (exact) mass is 246 g/mol. The van der Waals surface area contributed by atoms with Crippen LogP contribution < -0.4 is 11.1 Å². The van der Waals surface area contributed by atoms with Gasteiger partial charge < -0.3 is 15.8 Å². The number of anilines is 1. The number of ether oxygens (including phenoxy) is 1. The van der Waals surface area contributed by atoms with Crippen LogP contribution in [0.4, 0.5) is 10.1 Å². The Bertz CT molecular complexity index is 383. The Morgan fingerprint density at radius 1 is 1.69 bits per heavy atom. The minimum absolute atomic E-state index is 0.000107. The molecule has 0 radical (unpaired) electrons. The van der Waals surface area contributed by atoms with Crippen LogP contribution in [0.5, 0.6) is 0 Å². The van der Waals surface area contributed by atoms with Gasteiger partial charge in [-0.1, -0.05) is 11.6 Å². The molecule has 0 aromatic heterocycles. The highest BCUT2D eigenvalue weighted by molar-refractivity contribution is 6.30. The first-order valence-corrected chi connectivity index (χ1v) is 4.95. The van der Waals surface area contributed by atoms with E-state index in [-0.39, 0.29) is 11.6 Å². The number of nitrogens with two attached hydrogens (primary N) is 1. The molecular formula is C10H12ClFN2O2. The maximum absolute atomic E-state index is 13.1. The Kier molecular flexibility index (Phi) is 4.67. The first-order valence-electron chi connectivity index (χ1n) is 4.57. The maximum atomic E-state index is 13.1. The highest BCUT2D eigenvalue weighted by Crippen LogP contribution is 2.18. The summed E-state index contributed by atoms with van der Waals surface area (Å²) in [6.07, 6.45) is -0.751. The largest absolute Gasteiger partial charge is 0.370 e. The van der Waals surface area contributed by atoms with Gasteiger partial charge in [0.25, 0.3) is 5.91 Å². The Morgan fingerprint density at radius 3 is 2.88 bits per heavy atom. The number of hydrogen-bond donors (Lipinski definition) is 2. The quantitative estimate of drug-likeness (QED) is 0.844. The van der Waals surface area contributed by atoms with E-state index >= 15 is 0 Å². The van der Waals surface area contributed by atoms with Gasteiger partial charge in [0.05, 0.1) is 5.02 Å². The minimum atomic E-state index is -0.751. The zero-order valence-electron chi connectivity index (χ0n) is 8.67. The van der Waals surface area contributed by atoms with Crippen molar-refractivity contribution in [2.75, 3.05) is 19.0 Å². The molecule has 0 aliphatic rings. The lowest BCUT2D eigenvalue weighted by molar-refractivity contribution is -0.125. The van der Waals surface area contributed by atoms with Crippen molar-refractivity contribution < 1.29 is 13.9 Å². The van der Waals surface area contributed by atoms with Crippen LogP contribution in [0.2, 0.25) is 5.02 Å². The van der Waals surface area contributed by atoms with Crippen LogP contribution in [0, 0.1) is 5.82 Å². The van der Waals surface area contributed by atoms with Gasteiger partial charge in [-0.15, -0.1) is 0 Å². The summed E-state index contributed by atoms with van der Waals surface area (Å²) < 4.78 is 17.9. The van der Waals surface area contributed by atoms with E-state index in [1.807, 2.05) is 0 Å². The summed E-state index contributed by atoms with van der Waals surface area (Å²) in [6.45, 7) is 0.0540. The molecule has 0 saturated carbocycles. The van der Waals surface area contributed by atoms with Crippen molar-refractivity contribution in [3.05, 3.63) is 29.0 Å². The second kappa shape index (κ2) is 5.79. The average Bonchev–Trinajstić information content (AvgIpc) is 2.25. The van der Waals surface area contributed by atoms with Crippen LogP contribution >= 0.6 is 11.6 Å². The molecule has 0 saturated heterocycles. The van der Waals surface area contributed by atoms with Gasteiger partial charge in [0.2, 0.25) is 0 Å². The van der Waals surface area contributed by atoms with Crippen LogP contribution in [0.25, 0.3) is 0 Å². The van der Waals surface area contributed by atoms with E-state index in [1.54, 1.807) is 0 Å². The molecule has 16 heavy (non-hydrogen) atoms. The average molecular weight is 247 g/mol. The smallest absolute Gasteiger partial charge is 0.254 e. The first kappa shape index (κ1) is 12.9. The summed E-state index contributed by atoms with van der Waals surface area (Å²) in [4.78, 5) is 11.5. The fourth-order valence-corrected chi connectivity index (χ4v) is 1.22. The third kappa shape index (κ3) is 3.16. The minimum Gasteiger partial charge on any atom is -0.370 e. The predicted octanol–water partition coefficient (Wildman–Crippen LogP) is 1.39. The van der Waals surface area contributed by atoms with Crippen LogP contribution in [0.1, 0.15) is 0 Å². The fourth-order valence-electron chi connectivity index (χ4n) is 1.11. The summed E-state index contributed by atoms with van der Waals surface area (Å²) in [7, 11) is 1.37. The topological polar surface area (TPSA) is 64.3 Å². The fraction of sp³-hybridized carbons (Fsp3) is 0.300. The van der Waals surface area contributed by atoms with Gasteiger partial charge in [0.15, 0.2) is 0 Å². The Hall–Kier alpha value is -1.17. The molecule has 4 nitrogen and oxygen atoms in total. The van der Waals surface area contributed by atoms with Crippen molar-refractivity contribution in [3.8, 4) is 0 Å². The van der Waals surface area contributed by atoms with Gasteiger partial charge in [-0.05, 0) is 18.2 Å². The molecule has 1 atom stereocenters. The van der Waals surface area contributed by atoms with Crippen LogP contribution in [0.3, 0.4) is 0 Å². The van der Waals surface area contributed by atoms with E-state index in [9.17, 15) is 9.18 Å². The van der Waals surface area contributed by atoms with E-state index in [2.05, 4.69) is 5.32 Å². The normalized spacial score (nSPS) is 12.2. The maximum Gasteiger partial charge on any atom is 0.254 e. The Labute approximate surface area is 97.5 Å². The highest BCUT2D eigenvalue weighted by atomic mass is 35.5. The van der Waals surface area contributed by atoms with Gasteiger partial charge in [-0.2, -0.15) is 0 Å². The van der Waals surface area contributed by atoms with Crippen LogP contribution in [-0.4, -0.2) is 25.7 Å². The second-order valence-electron chi connectivity index (χ2n) is 3.08. The summed E-state index contributed by atoms with van der Waals surface area (Å²) in [6, 6.07) is 3.98. The molecule has 1 unspecified atom stereocenters. The summed E-state index contributed by atoms with van der Waals surface area (Å²) >= 11 is 5.50. The SMILES string of the molecule is COC(CN)C(=O)Nc1ccc(Cl)c(F)c1. The van der Waals surface area contributed by atoms with Crippen molar-refractivity contribution in [1.29, 1.82) is 0 Å². The third-order valence-electron chi connectivity index (χ3n) is 1.98. The molecule has 1 amide bonds. The van der Waals surface area contributed by atoms with Crippen molar-refractivity contribution in [2.45, 2.75) is 6.10 Å². The molecule has 0 bridgehead atoms. The molecule has 6 heteroatoms. The summed E-state index contributed by atoms with van der Waals surface area (Å²) in [5, 5.41) is 2.47. The van der Waals surface area contributed by atoms with Crippen LogP contribution in [-0.2, 0) is 9.53 Å². The highest BCUT2D eigenvalue weighted by Gasteiger charge is 2.15. The number of carbonyl (C=O) groups excluding carboxylic acids is 1. The molecule has 0 fully saturated rings. The van der Waals surface area contributed by atoms with E-state index in [4.69, 9.17) is 22.1 Å².